The molecular weight excluding hydrogens is 520 g/mol. The highest BCUT2D eigenvalue weighted by molar-refractivity contribution is 7.89. The van der Waals surface area contributed by atoms with Crippen LogP contribution in [0.2, 0.25) is 0 Å². The van der Waals surface area contributed by atoms with Crippen LogP contribution in [0.15, 0.2) is 47.4 Å². The summed E-state index contributed by atoms with van der Waals surface area (Å²) in [6.07, 6.45) is 0. The van der Waals surface area contributed by atoms with E-state index in [0.29, 0.717) is 6.54 Å². The molecule has 0 radical (unpaired) electrons. The molecule has 2 aromatic heterocycles. The number of hydrogen-bond donors (Lipinski definition) is 0. The minimum absolute atomic E-state index is 0.0246. The summed E-state index contributed by atoms with van der Waals surface area (Å²) in [4.78, 5) is 19.4. The minimum atomic E-state index is -3.72. The SMILES string of the molecule is Cc1cc(C)n(CCN(C(=O)c2ccc(S(=O)(=O)N(C)C(C)C)cc2)c2nc3c(F)cc(F)cc3s2)n1. The van der Waals surface area contributed by atoms with Crippen LogP contribution >= 0.6 is 11.3 Å². The summed E-state index contributed by atoms with van der Waals surface area (Å²) in [5.74, 6) is -2.00. The third-order valence-electron chi connectivity index (χ3n) is 6.02. The fraction of sp³-hybridized carbons (Fsp3) is 0.320. The number of hydrogen-bond acceptors (Lipinski definition) is 6. The van der Waals surface area contributed by atoms with Gasteiger partial charge in [0.2, 0.25) is 10.0 Å². The van der Waals surface area contributed by atoms with Gasteiger partial charge in [0, 0.05) is 37.0 Å². The average molecular weight is 548 g/mol. The maximum atomic E-state index is 14.4. The fourth-order valence-electron chi connectivity index (χ4n) is 3.81. The number of thiazole rings is 1. The van der Waals surface area contributed by atoms with Gasteiger partial charge in [0.15, 0.2) is 10.9 Å². The molecule has 37 heavy (non-hydrogen) atoms. The number of aromatic nitrogens is 3. The highest BCUT2D eigenvalue weighted by Gasteiger charge is 2.26. The smallest absolute Gasteiger partial charge is 0.260 e. The molecule has 0 atom stereocenters. The number of aryl methyl sites for hydroxylation is 2. The van der Waals surface area contributed by atoms with E-state index >= 15 is 0 Å². The average Bonchev–Trinajstić information content (AvgIpc) is 3.40. The largest absolute Gasteiger partial charge is 0.282 e. The molecule has 4 rings (SSSR count). The van der Waals surface area contributed by atoms with Crippen LogP contribution in [0.1, 0.15) is 35.6 Å². The number of carbonyl (C=O) groups is 1. The minimum Gasteiger partial charge on any atom is -0.282 e. The standard InChI is InChI=1S/C25H27F2N5O3S2/c1-15(2)30(5)37(34,35)20-8-6-18(7-9-20)24(33)31(10-11-32-17(4)12-16(3)29-32)25-28-23-21(27)13-19(26)14-22(23)36-25/h6-9,12-15H,10-11H2,1-5H3. The zero-order valence-electron chi connectivity index (χ0n) is 21.1. The lowest BCUT2D eigenvalue weighted by Crippen LogP contribution is -2.34. The van der Waals surface area contributed by atoms with Crippen LogP contribution in [0.3, 0.4) is 0 Å². The molecule has 0 fully saturated rings. The van der Waals surface area contributed by atoms with E-state index in [4.69, 9.17) is 0 Å². The summed E-state index contributed by atoms with van der Waals surface area (Å²) < 4.78 is 57.0. The van der Waals surface area contributed by atoms with E-state index in [2.05, 4.69) is 10.1 Å². The molecular formula is C25H27F2N5O3S2. The first-order valence-electron chi connectivity index (χ1n) is 11.5. The van der Waals surface area contributed by atoms with E-state index in [0.717, 1.165) is 28.8 Å². The molecule has 8 nitrogen and oxygen atoms in total. The molecule has 0 saturated carbocycles. The molecule has 0 unspecified atom stereocenters. The topological polar surface area (TPSA) is 88.4 Å². The molecule has 0 aliphatic carbocycles. The predicted octanol–water partition coefficient (Wildman–Crippen LogP) is 4.76. The second kappa shape index (κ2) is 10.3. The van der Waals surface area contributed by atoms with Gasteiger partial charge in [0.25, 0.3) is 5.91 Å². The van der Waals surface area contributed by atoms with Crippen molar-refractivity contribution in [2.45, 2.75) is 45.2 Å². The molecule has 0 N–H and O–H groups in total. The number of carbonyl (C=O) groups excluding carboxylic acids is 1. The van der Waals surface area contributed by atoms with Crippen molar-refractivity contribution in [2.75, 3.05) is 18.5 Å². The summed E-state index contributed by atoms with van der Waals surface area (Å²) >= 11 is 0.998. The van der Waals surface area contributed by atoms with Crippen LogP contribution in [-0.2, 0) is 16.6 Å². The van der Waals surface area contributed by atoms with Gasteiger partial charge in [-0.15, -0.1) is 0 Å². The molecule has 4 aromatic rings. The highest BCUT2D eigenvalue weighted by atomic mass is 32.2. The third kappa shape index (κ3) is 5.41. The molecule has 0 aliphatic rings. The number of rotatable bonds is 8. The van der Waals surface area contributed by atoms with E-state index in [-0.39, 0.29) is 38.4 Å². The Hall–Kier alpha value is -3.22. The number of halogens is 2. The Balaban J connectivity index is 1.70. The van der Waals surface area contributed by atoms with Gasteiger partial charge in [-0.3, -0.25) is 14.4 Å². The van der Waals surface area contributed by atoms with Gasteiger partial charge in [0.1, 0.15) is 11.3 Å². The van der Waals surface area contributed by atoms with Gasteiger partial charge >= 0.3 is 0 Å². The number of benzene rings is 2. The number of amides is 1. The van der Waals surface area contributed by atoms with Crippen molar-refractivity contribution < 1.29 is 22.0 Å². The van der Waals surface area contributed by atoms with Crippen molar-refractivity contribution >= 4 is 42.6 Å². The maximum absolute atomic E-state index is 14.4. The van der Waals surface area contributed by atoms with Gasteiger partial charge in [-0.2, -0.15) is 9.40 Å². The monoisotopic (exact) mass is 547 g/mol. The van der Waals surface area contributed by atoms with Crippen molar-refractivity contribution in [3.8, 4) is 0 Å². The quantitative estimate of drug-likeness (QED) is 0.317. The summed E-state index contributed by atoms with van der Waals surface area (Å²) in [6.45, 7) is 7.79. The molecule has 12 heteroatoms. The van der Waals surface area contributed by atoms with E-state index in [1.54, 1.807) is 18.5 Å². The molecule has 1 amide bonds. The number of nitrogens with zero attached hydrogens (tertiary/aromatic N) is 5. The van der Waals surface area contributed by atoms with Crippen molar-refractivity contribution in [3.05, 3.63) is 71.1 Å². The third-order valence-corrected chi connectivity index (χ3v) is 9.10. The van der Waals surface area contributed by atoms with Crippen molar-refractivity contribution in [1.82, 2.24) is 19.1 Å². The van der Waals surface area contributed by atoms with E-state index < -0.39 is 27.6 Å². The summed E-state index contributed by atoms with van der Waals surface area (Å²) in [7, 11) is -2.22. The molecule has 0 saturated heterocycles. The number of anilines is 1. The van der Waals surface area contributed by atoms with E-state index in [1.807, 2.05) is 19.9 Å². The van der Waals surface area contributed by atoms with E-state index in [9.17, 15) is 22.0 Å². The lowest BCUT2D eigenvalue weighted by atomic mass is 10.2. The zero-order chi connectivity index (χ0) is 27.1. The normalized spacial score (nSPS) is 12.1. The van der Waals surface area contributed by atoms with Crippen molar-refractivity contribution in [2.24, 2.45) is 0 Å². The van der Waals surface area contributed by atoms with Crippen LogP contribution in [-0.4, -0.2) is 53.0 Å². The molecule has 2 aromatic carbocycles. The maximum Gasteiger partial charge on any atom is 0.260 e. The Morgan fingerprint density at radius 2 is 1.78 bits per heavy atom. The van der Waals surface area contributed by atoms with Crippen LogP contribution in [0.5, 0.6) is 0 Å². The first-order chi connectivity index (χ1) is 17.4. The lowest BCUT2D eigenvalue weighted by molar-refractivity contribution is 0.0985. The molecule has 196 valence electrons. The van der Waals surface area contributed by atoms with E-state index in [1.165, 1.54) is 46.6 Å². The number of fused-ring (bicyclic) bond motifs is 1. The fourth-order valence-corrected chi connectivity index (χ4v) is 6.21. The second-order valence-corrected chi connectivity index (χ2v) is 12.0. The van der Waals surface area contributed by atoms with Crippen LogP contribution in [0.4, 0.5) is 13.9 Å². The van der Waals surface area contributed by atoms with Crippen LogP contribution in [0, 0.1) is 25.5 Å². The Morgan fingerprint density at radius 1 is 1.11 bits per heavy atom. The summed E-state index contributed by atoms with van der Waals surface area (Å²) in [6, 6.07) is 9.24. The van der Waals surface area contributed by atoms with Gasteiger partial charge < -0.3 is 0 Å². The van der Waals surface area contributed by atoms with Crippen LogP contribution in [0.25, 0.3) is 10.2 Å². The van der Waals surface area contributed by atoms with Gasteiger partial charge in [0.05, 0.1) is 21.8 Å². The lowest BCUT2D eigenvalue weighted by Gasteiger charge is -2.22. The molecule has 0 spiro atoms. The molecule has 0 bridgehead atoms. The Labute approximate surface area is 218 Å². The Morgan fingerprint density at radius 3 is 2.38 bits per heavy atom. The van der Waals surface area contributed by atoms with Crippen LogP contribution < -0.4 is 4.90 Å². The van der Waals surface area contributed by atoms with Gasteiger partial charge in [-0.05, 0) is 64.1 Å². The second-order valence-electron chi connectivity index (χ2n) is 8.98. The first-order valence-corrected chi connectivity index (χ1v) is 13.8. The van der Waals surface area contributed by atoms with Gasteiger partial charge in [-0.25, -0.2) is 22.2 Å². The van der Waals surface area contributed by atoms with Crippen molar-refractivity contribution in [3.63, 3.8) is 0 Å². The summed E-state index contributed by atoms with van der Waals surface area (Å²) in [5.41, 5.74) is 1.94. The Bertz CT molecular complexity index is 1560. The van der Waals surface area contributed by atoms with Gasteiger partial charge in [-0.1, -0.05) is 11.3 Å². The van der Waals surface area contributed by atoms with Crippen molar-refractivity contribution in [1.29, 1.82) is 0 Å². The highest BCUT2D eigenvalue weighted by Crippen LogP contribution is 2.32. The number of sulfonamides is 1. The molecule has 2 heterocycles. The molecule has 0 aliphatic heterocycles. The first kappa shape index (κ1) is 26.8. The zero-order valence-corrected chi connectivity index (χ0v) is 22.7. The Kier molecular flexibility index (Phi) is 7.45. The predicted molar refractivity (Wildman–Crippen MR) is 139 cm³/mol. The summed E-state index contributed by atoms with van der Waals surface area (Å²) in [5, 5.41) is 4.62.